The molecule has 1 aromatic carbocycles. The summed E-state index contributed by atoms with van der Waals surface area (Å²) < 4.78 is 5.37. The van der Waals surface area contributed by atoms with Crippen LogP contribution in [0.4, 0.5) is 0 Å². The number of benzene rings is 1. The minimum atomic E-state index is -0.412. The van der Waals surface area contributed by atoms with Gasteiger partial charge in [-0.15, -0.1) is 0 Å². The molecule has 0 unspecified atom stereocenters. The third kappa shape index (κ3) is 1.66. The van der Waals surface area contributed by atoms with Crippen molar-refractivity contribution >= 4 is 5.91 Å². The summed E-state index contributed by atoms with van der Waals surface area (Å²) in [4.78, 5) is 11.5. The lowest BCUT2D eigenvalue weighted by molar-refractivity contribution is -0.126. The Kier molecular flexibility index (Phi) is 2.86. The van der Waals surface area contributed by atoms with Gasteiger partial charge in [0.1, 0.15) is 5.75 Å². The van der Waals surface area contributed by atoms with E-state index in [1.165, 1.54) is 0 Å². The van der Waals surface area contributed by atoms with Crippen molar-refractivity contribution in [3.05, 3.63) is 29.8 Å². The van der Waals surface area contributed by atoms with Crippen molar-refractivity contribution in [2.45, 2.75) is 31.6 Å². The minimum Gasteiger partial charge on any atom is -0.494 e. The van der Waals surface area contributed by atoms with Crippen molar-refractivity contribution < 1.29 is 9.53 Å². The second-order valence-corrected chi connectivity index (χ2v) is 4.26. The van der Waals surface area contributed by atoms with Gasteiger partial charge in [-0.1, -0.05) is 18.6 Å². The zero-order valence-electron chi connectivity index (χ0n) is 9.53. The van der Waals surface area contributed by atoms with Crippen molar-refractivity contribution in [1.29, 1.82) is 0 Å². The Morgan fingerprint density at radius 1 is 1.38 bits per heavy atom. The first-order valence-electron chi connectivity index (χ1n) is 5.72. The van der Waals surface area contributed by atoms with E-state index in [0.29, 0.717) is 6.61 Å². The van der Waals surface area contributed by atoms with Crippen LogP contribution in [0.25, 0.3) is 0 Å². The molecule has 2 rings (SSSR count). The number of carbonyl (C=O) groups excluding carboxylic acids is 1. The number of rotatable bonds is 4. The van der Waals surface area contributed by atoms with E-state index in [1.807, 2.05) is 31.2 Å². The topological polar surface area (TPSA) is 52.3 Å². The fourth-order valence-corrected chi connectivity index (χ4v) is 2.24. The number of amides is 1. The molecule has 16 heavy (non-hydrogen) atoms. The Balaban J connectivity index is 2.23. The predicted molar refractivity (Wildman–Crippen MR) is 62.3 cm³/mol. The molecule has 0 aliphatic heterocycles. The van der Waals surface area contributed by atoms with Crippen LogP contribution in [0.1, 0.15) is 31.7 Å². The average Bonchev–Trinajstić information content (AvgIpc) is 2.18. The molecule has 0 radical (unpaired) electrons. The van der Waals surface area contributed by atoms with Gasteiger partial charge in [0, 0.05) is 0 Å². The van der Waals surface area contributed by atoms with Crippen molar-refractivity contribution in [3.8, 4) is 5.75 Å². The van der Waals surface area contributed by atoms with Crippen LogP contribution in [0.15, 0.2) is 24.3 Å². The molecule has 0 heterocycles. The van der Waals surface area contributed by atoms with Crippen LogP contribution in [0.5, 0.6) is 5.75 Å². The van der Waals surface area contributed by atoms with Crippen LogP contribution in [0.3, 0.4) is 0 Å². The molecule has 0 bridgehead atoms. The molecular weight excluding hydrogens is 202 g/mol. The molecule has 3 nitrogen and oxygen atoms in total. The Bertz CT molecular complexity index is 379. The van der Waals surface area contributed by atoms with E-state index in [-0.39, 0.29) is 5.91 Å². The molecule has 1 amide bonds. The Morgan fingerprint density at radius 2 is 2.00 bits per heavy atom. The van der Waals surface area contributed by atoms with E-state index in [0.717, 1.165) is 30.6 Å². The number of ether oxygens (including phenoxy) is 1. The van der Waals surface area contributed by atoms with Gasteiger partial charge in [-0.05, 0) is 37.5 Å². The smallest absolute Gasteiger partial charge is 0.228 e. The average molecular weight is 219 g/mol. The van der Waals surface area contributed by atoms with E-state index in [1.54, 1.807) is 0 Å². The molecule has 1 saturated carbocycles. The molecule has 1 aliphatic carbocycles. The normalized spacial score (nSPS) is 17.6. The van der Waals surface area contributed by atoms with E-state index >= 15 is 0 Å². The summed E-state index contributed by atoms with van der Waals surface area (Å²) >= 11 is 0. The second-order valence-electron chi connectivity index (χ2n) is 4.26. The highest BCUT2D eigenvalue weighted by Crippen LogP contribution is 2.43. The molecule has 86 valence electrons. The molecular formula is C13H17NO2. The summed E-state index contributed by atoms with van der Waals surface area (Å²) in [5.74, 6) is 0.633. The van der Waals surface area contributed by atoms with E-state index in [4.69, 9.17) is 10.5 Å². The summed E-state index contributed by atoms with van der Waals surface area (Å²) in [5.41, 5.74) is 6.10. The summed E-state index contributed by atoms with van der Waals surface area (Å²) in [6, 6.07) is 7.72. The first kappa shape index (κ1) is 11.0. The Hall–Kier alpha value is -1.51. The Labute approximate surface area is 95.6 Å². The van der Waals surface area contributed by atoms with Crippen LogP contribution < -0.4 is 10.5 Å². The van der Waals surface area contributed by atoms with Gasteiger partial charge in [-0.25, -0.2) is 0 Å². The molecule has 1 aromatic rings. The summed E-state index contributed by atoms with van der Waals surface area (Å²) in [5, 5.41) is 0. The summed E-state index contributed by atoms with van der Waals surface area (Å²) in [6.45, 7) is 2.60. The standard InChI is InChI=1S/C13H17NO2/c1-2-16-11-6-4-10(5-7-11)13(12(14)15)8-3-9-13/h4-7H,2-3,8-9H2,1H3,(H2,14,15). The summed E-state index contributed by atoms with van der Waals surface area (Å²) in [6.07, 6.45) is 2.82. The van der Waals surface area contributed by atoms with Gasteiger partial charge in [0.05, 0.1) is 12.0 Å². The van der Waals surface area contributed by atoms with E-state index < -0.39 is 5.41 Å². The number of primary amides is 1. The van der Waals surface area contributed by atoms with Crippen molar-refractivity contribution in [2.75, 3.05) is 6.61 Å². The highest BCUT2D eigenvalue weighted by molar-refractivity contribution is 5.87. The van der Waals surface area contributed by atoms with Gasteiger partial charge in [0.15, 0.2) is 0 Å². The zero-order chi connectivity index (χ0) is 11.6. The van der Waals surface area contributed by atoms with E-state index in [9.17, 15) is 4.79 Å². The van der Waals surface area contributed by atoms with Gasteiger partial charge >= 0.3 is 0 Å². The highest BCUT2D eigenvalue weighted by atomic mass is 16.5. The molecule has 1 aliphatic rings. The van der Waals surface area contributed by atoms with E-state index in [2.05, 4.69) is 0 Å². The van der Waals surface area contributed by atoms with Gasteiger partial charge in [-0.3, -0.25) is 4.79 Å². The lowest BCUT2D eigenvalue weighted by Gasteiger charge is -2.39. The first-order valence-corrected chi connectivity index (χ1v) is 5.72. The van der Waals surface area contributed by atoms with Crippen molar-refractivity contribution in [2.24, 2.45) is 5.73 Å². The number of hydrogen-bond acceptors (Lipinski definition) is 2. The fraction of sp³-hybridized carbons (Fsp3) is 0.462. The van der Waals surface area contributed by atoms with Crippen LogP contribution in [-0.4, -0.2) is 12.5 Å². The number of carbonyl (C=O) groups is 1. The maximum absolute atomic E-state index is 11.5. The van der Waals surface area contributed by atoms with Crippen LogP contribution >= 0.6 is 0 Å². The van der Waals surface area contributed by atoms with Crippen LogP contribution in [-0.2, 0) is 10.2 Å². The lowest BCUT2D eigenvalue weighted by Crippen LogP contribution is -2.46. The SMILES string of the molecule is CCOc1ccc(C2(C(N)=O)CCC2)cc1. The molecule has 0 spiro atoms. The Morgan fingerprint density at radius 3 is 2.38 bits per heavy atom. The van der Waals surface area contributed by atoms with Gasteiger partial charge in [-0.2, -0.15) is 0 Å². The quantitative estimate of drug-likeness (QED) is 0.842. The minimum absolute atomic E-state index is 0.206. The third-order valence-electron chi connectivity index (χ3n) is 3.40. The van der Waals surface area contributed by atoms with Crippen molar-refractivity contribution in [3.63, 3.8) is 0 Å². The lowest BCUT2D eigenvalue weighted by atomic mass is 9.64. The molecule has 0 saturated heterocycles. The molecule has 1 fully saturated rings. The monoisotopic (exact) mass is 219 g/mol. The van der Waals surface area contributed by atoms with Crippen LogP contribution in [0.2, 0.25) is 0 Å². The highest BCUT2D eigenvalue weighted by Gasteiger charge is 2.44. The fourth-order valence-electron chi connectivity index (χ4n) is 2.24. The van der Waals surface area contributed by atoms with Crippen LogP contribution in [0, 0.1) is 0 Å². The zero-order valence-corrected chi connectivity index (χ0v) is 9.53. The number of nitrogens with two attached hydrogens (primary N) is 1. The summed E-state index contributed by atoms with van der Waals surface area (Å²) in [7, 11) is 0. The molecule has 0 atom stereocenters. The predicted octanol–water partition coefficient (Wildman–Crippen LogP) is 1.99. The molecule has 0 aromatic heterocycles. The maximum atomic E-state index is 11.5. The van der Waals surface area contributed by atoms with Gasteiger partial charge in [0.2, 0.25) is 5.91 Å². The largest absolute Gasteiger partial charge is 0.494 e. The molecule has 2 N–H and O–H groups in total. The maximum Gasteiger partial charge on any atom is 0.228 e. The van der Waals surface area contributed by atoms with Crippen molar-refractivity contribution in [1.82, 2.24) is 0 Å². The second kappa shape index (κ2) is 4.16. The number of hydrogen-bond donors (Lipinski definition) is 1. The van der Waals surface area contributed by atoms with Gasteiger partial charge < -0.3 is 10.5 Å². The first-order chi connectivity index (χ1) is 7.69. The molecule has 3 heteroatoms. The van der Waals surface area contributed by atoms with Gasteiger partial charge in [0.25, 0.3) is 0 Å². The third-order valence-corrected chi connectivity index (χ3v) is 3.40.